The zero-order valence-electron chi connectivity index (χ0n) is 10.4. The average Bonchev–Trinajstić information content (AvgIpc) is 2.48. The Kier molecular flexibility index (Phi) is 3.68. The number of halogens is 2. The monoisotopic (exact) mass is 300 g/mol. The Balaban J connectivity index is 2.12. The second kappa shape index (κ2) is 5.61. The van der Waals surface area contributed by atoms with Gasteiger partial charge in [-0.2, -0.15) is 0 Å². The van der Waals surface area contributed by atoms with E-state index in [0.717, 1.165) is 16.8 Å². The SMILES string of the molecule is Clc1ccccc1-c1ccnc(-c2ccccc2Cl)n1. The minimum Gasteiger partial charge on any atom is -0.236 e. The smallest absolute Gasteiger partial charge is 0.161 e. The highest BCUT2D eigenvalue weighted by Crippen LogP contribution is 2.29. The molecule has 20 heavy (non-hydrogen) atoms. The molecule has 0 radical (unpaired) electrons. The Bertz CT molecular complexity index is 696. The van der Waals surface area contributed by atoms with E-state index in [1.807, 2.05) is 54.6 Å². The summed E-state index contributed by atoms with van der Waals surface area (Å²) >= 11 is 12.4. The lowest BCUT2D eigenvalue weighted by molar-refractivity contribution is 1.18. The van der Waals surface area contributed by atoms with E-state index in [1.165, 1.54) is 0 Å². The van der Waals surface area contributed by atoms with Crippen LogP contribution in [0.3, 0.4) is 0 Å². The van der Waals surface area contributed by atoms with Crippen molar-refractivity contribution in [2.24, 2.45) is 0 Å². The van der Waals surface area contributed by atoms with Gasteiger partial charge in [0.15, 0.2) is 5.82 Å². The van der Waals surface area contributed by atoms with Crippen molar-refractivity contribution in [3.63, 3.8) is 0 Å². The van der Waals surface area contributed by atoms with Gasteiger partial charge in [0.2, 0.25) is 0 Å². The highest BCUT2D eigenvalue weighted by molar-refractivity contribution is 6.33. The molecule has 0 atom stereocenters. The number of aromatic nitrogens is 2. The van der Waals surface area contributed by atoms with Gasteiger partial charge >= 0.3 is 0 Å². The summed E-state index contributed by atoms with van der Waals surface area (Å²) in [6.45, 7) is 0. The molecule has 2 nitrogen and oxygen atoms in total. The molecule has 3 rings (SSSR count). The van der Waals surface area contributed by atoms with Crippen LogP contribution in [0.4, 0.5) is 0 Å². The topological polar surface area (TPSA) is 25.8 Å². The molecule has 0 unspecified atom stereocenters. The minimum absolute atomic E-state index is 0.591. The summed E-state index contributed by atoms with van der Waals surface area (Å²) in [5.74, 6) is 0.591. The molecule has 2 aromatic carbocycles. The standard InChI is InChI=1S/C16H10Cl2N2/c17-13-7-3-1-5-11(13)15-9-10-19-16(20-15)12-6-2-4-8-14(12)18/h1-10H. The molecule has 0 aliphatic carbocycles. The molecule has 0 aliphatic heterocycles. The fraction of sp³-hybridized carbons (Fsp3) is 0. The Morgan fingerprint density at radius 2 is 1.30 bits per heavy atom. The average molecular weight is 301 g/mol. The van der Waals surface area contributed by atoms with E-state index in [4.69, 9.17) is 23.2 Å². The van der Waals surface area contributed by atoms with E-state index in [-0.39, 0.29) is 0 Å². The van der Waals surface area contributed by atoms with E-state index in [0.29, 0.717) is 15.9 Å². The molecule has 1 heterocycles. The predicted octanol–water partition coefficient (Wildman–Crippen LogP) is 5.12. The van der Waals surface area contributed by atoms with Gasteiger partial charge in [-0.3, -0.25) is 0 Å². The third-order valence-corrected chi connectivity index (χ3v) is 3.58. The highest BCUT2D eigenvalue weighted by Gasteiger charge is 2.09. The third-order valence-electron chi connectivity index (χ3n) is 2.92. The first-order valence-corrected chi connectivity index (χ1v) is 6.84. The van der Waals surface area contributed by atoms with Crippen molar-refractivity contribution in [1.29, 1.82) is 0 Å². The number of hydrogen-bond acceptors (Lipinski definition) is 2. The number of benzene rings is 2. The molecule has 0 amide bonds. The van der Waals surface area contributed by atoms with Gasteiger partial charge in [-0.05, 0) is 24.3 Å². The van der Waals surface area contributed by atoms with Crippen molar-refractivity contribution in [2.45, 2.75) is 0 Å². The molecule has 3 aromatic rings. The van der Waals surface area contributed by atoms with Crippen LogP contribution >= 0.6 is 23.2 Å². The number of rotatable bonds is 2. The molecule has 0 spiro atoms. The Hall–Kier alpha value is -1.90. The number of hydrogen-bond donors (Lipinski definition) is 0. The van der Waals surface area contributed by atoms with Crippen molar-refractivity contribution in [1.82, 2.24) is 9.97 Å². The van der Waals surface area contributed by atoms with Gasteiger partial charge in [0, 0.05) is 22.3 Å². The lowest BCUT2D eigenvalue weighted by atomic mass is 10.1. The Morgan fingerprint density at radius 1 is 0.700 bits per heavy atom. The zero-order chi connectivity index (χ0) is 13.9. The molecule has 0 saturated carbocycles. The molecule has 0 N–H and O–H groups in total. The maximum absolute atomic E-state index is 6.20. The minimum atomic E-state index is 0.591. The summed E-state index contributed by atoms with van der Waals surface area (Å²) in [6, 6.07) is 16.9. The van der Waals surface area contributed by atoms with Gasteiger partial charge in [-0.25, -0.2) is 9.97 Å². The summed E-state index contributed by atoms with van der Waals surface area (Å²) in [4.78, 5) is 8.84. The Labute approximate surface area is 127 Å². The van der Waals surface area contributed by atoms with Crippen LogP contribution in [-0.2, 0) is 0 Å². The van der Waals surface area contributed by atoms with Gasteiger partial charge < -0.3 is 0 Å². The van der Waals surface area contributed by atoms with E-state index >= 15 is 0 Å². The quantitative estimate of drug-likeness (QED) is 0.656. The predicted molar refractivity (Wildman–Crippen MR) is 82.9 cm³/mol. The largest absolute Gasteiger partial charge is 0.236 e. The number of nitrogens with zero attached hydrogens (tertiary/aromatic N) is 2. The van der Waals surface area contributed by atoms with Crippen LogP contribution in [0.2, 0.25) is 10.0 Å². The molecule has 4 heteroatoms. The lowest BCUT2D eigenvalue weighted by Crippen LogP contribution is -1.92. The maximum atomic E-state index is 6.20. The van der Waals surface area contributed by atoms with Crippen LogP contribution < -0.4 is 0 Å². The summed E-state index contributed by atoms with van der Waals surface area (Å²) in [5, 5.41) is 1.29. The summed E-state index contributed by atoms with van der Waals surface area (Å²) in [7, 11) is 0. The maximum Gasteiger partial charge on any atom is 0.161 e. The molecule has 0 fully saturated rings. The van der Waals surface area contributed by atoms with Gasteiger partial charge in [-0.15, -0.1) is 0 Å². The van der Waals surface area contributed by atoms with E-state index in [1.54, 1.807) is 6.20 Å². The summed E-state index contributed by atoms with van der Waals surface area (Å²) in [5.41, 5.74) is 2.47. The second-order valence-electron chi connectivity index (χ2n) is 4.23. The first-order chi connectivity index (χ1) is 9.75. The fourth-order valence-electron chi connectivity index (χ4n) is 1.95. The van der Waals surface area contributed by atoms with Crippen LogP contribution in [0.15, 0.2) is 60.8 Å². The van der Waals surface area contributed by atoms with Gasteiger partial charge in [0.25, 0.3) is 0 Å². The van der Waals surface area contributed by atoms with E-state index < -0.39 is 0 Å². The van der Waals surface area contributed by atoms with Crippen molar-refractivity contribution in [2.75, 3.05) is 0 Å². The third kappa shape index (κ3) is 2.53. The van der Waals surface area contributed by atoms with E-state index in [9.17, 15) is 0 Å². The van der Waals surface area contributed by atoms with Gasteiger partial charge in [0.1, 0.15) is 0 Å². The van der Waals surface area contributed by atoms with Gasteiger partial charge in [0.05, 0.1) is 10.7 Å². The van der Waals surface area contributed by atoms with Crippen LogP contribution in [0.25, 0.3) is 22.6 Å². The van der Waals surface area contributed by atoms with Crippen molar-refractivity contribution in [3.8, 4) is 22.6 Å². The van der Waals surface area contributed by atoms with Crippen LogP contribution in [0.5, 0.6) is 0 Å². The first-order valence-electron chi connectivity index (χ1n) is 6.08. The lowest BCUT2D eigenvalue weighted by Gasteiger charge is -2.06. The van der Waals surface area contributed by atoms with Crippen LogP contribution in [0.1, 0.15) is 0 Å². The van der Waals surface area contributed by atoms with Crippen molar-refractivity contribution in [3.05, 3.63) is 70.8 Å². The molecule has 0 saturated heterocycles. The second-order valence-corrected chi connectivity index (χ2v) is 5.04. The molecule has 0 bridgehead atoms. The normalized spacial score (nSPS) is 10.5. The molecular weight excluding hydrogens is 291 g/mol. The summed E-state index contributed by atoms with van der Waals surface area (Å²) < 4.78 is 0. The zero-order valence-corrected chi connectivity index (χ0v) is 11.9. The molecule has 98 valence electrons. The first kappa shape index (κ1) is 13.1. The highest BCUT2D eigenvalue weighted by atomic mass is 35.5. The van der Waals surface area contributed by atoms with Crippen LogP contribution in [-0.4, -0.2) is 9.97 Å². The van der Waals surface area contributed by atoms with Crippen molar-refractivity contribution >= 4 is 23.2 Å². The molecule has 0 aliphatic rings. The van der Waals surface area contributed by atoms with Crippen molar-refractivity contribution < 1.29 is 0 Å². The Morgan fingerprint density at radius 3 is 1.95 bits per heavy atom. The molecular formula is C16H10Cl2N2. The fourth-order valence-corrected chi connectivity index (χ4v) is 2.40. The molecule has 1 aromatic heterocycles. The summed E-state index contributed by atoms with van der Waals surface area (Å²) in [6.07, 6.45) is 1.71. The van der Waals surface area contributed by atoms with Crippen LogP contribution in [0, 0.1) is 0 Å². The van der Waals surface area contributed by atoms with Gasteiger partial charge in [-0.1, -0.05) is 53.5 Å². The van der Waals surface area contributed by atoms with E-state index in [2.05, 4.69) is 9.97 Å².